The van der Waals surface area contributed by atoms with E-state index in [0.29, 0.717) is 11.3 Å². The lowest BCUT2D eigenvalue weighted by molar-refractivity contribution is 0.0818. The Labute approximate surface area is 124 Å². The normalized spacial score (nSPS) is 11.9. The average Bonchev–Trinajstić information content (AvgIpc) is 2.41. The van der Waals surface area contributed by atoms with Crippen molar-refractivity contribution in [2.45, 2.75) is 13.0 Å². The fourth-order valence-corrected chi connectivity index (χ4v) is 1.98. The molecular weight excluding hydrogens is 358 g/mol. The summed E-state index contributed by atoms with van der Waals surface area (Å²) in [4.78, 5) is 12.1. The van der Waals surface area contributed by atoms with Gasteiger partial charge in [-0.05, 0) is 78.0 Å². The topological polar surface area (TPSA) is 26.3 Å². The van der Waals surface area contributed by atoms with Crippen molar-refractivity contribution in [2.75, 3.05) is 0 Å². The molecule has 0 aliphatic rings. The van der Waals surface area contributed by atoms with Gasteiger partial charge in [0.15, 0.2) is 6.10 Å². The van der Waals surface area contributed by atoms with Crippen molar-refractivity contribution in [1.29, 1.82) is 0 Å². The van der Waals surface area contributed by atoms with Crippen molar-refractivity contribution in [3.8, 4) is 5.75 Å². The minimum Gasteiger partial charge on any atom is -0.483 e. The molecule has 0 saturated heterocycles. The quantitative estimate of drug-likeness (QED) is 0.599. The number of halogens is 2. The van der Waals surface area contributed by atoms with Gasteiger partial charge in [0.25, 0.3) is 0 Å². The van der Waals surface area contributed by atoms with Gasteiger partial charge in [-0.2, -0.15) is 0 Å². The van der Waals surface area contributed by atoms with E-state index >= 15 is 0 Å². The fourth-order valence-electron chi connectivity index (χ4n) is 1.62. The van der Waals surface area contributed by atoms with Gasteiger partial charge < -0.3 is 4.74 Å². The summed E-state index contributed by atoms with van der Waals surface area (Å²) in [6.45, 7) is 1.68. The predicted octanol–water partition coefficient (Wildman–Crippen LogP) is 4.08. The molecule has 2 rings (SSSR count). The monoisotopic (exact) mass is 370 g/mol. The standard InChI is InChI=1S/C15H12FIO2/c1-10(19-14-8-6-13(17)7-9-14)15(18)11-2-4-12(16)5-3-11/h2-10H,1H3/t10-/m0/s1. The summed E-state index contributed by atoms with van der Waals surface area (Å²) in [5, 5.41) is 0. The van der Waals surface area contributed by atoms with E-state index in [1.54, 1.807) is 6.92 Å². The summed E-state index contributed by atoms with van der Waals surface area (Å²) in [6.07, 6.45) is -0.606. The number of Topliss-reactive ketones (excluding diaryl/α,β-unsaturated/α-hetero) is 1. The second-order valence-corrected chi connectivity index (χ2v) is 5.33. The van der Waals surface area contributed by atoms with E-state index in [1.165, 1.54) is 24.3 Å². The van der Waals surface area contributed by atoms with Crippen LogP contribution in [0.4, 0.5) is 4.39 Å². The third kappa shape index (κ3) is 3.76. The first-order valence-electron chi connectivity index (χ1n) is 5.78. The van der Waals surface area contributed by atoms with Gasteiger partial charge >= 0.3 is 0 Å². The SMILES string of the molecule is C[C@H](Oc1ccc(I)cc1)C(=O)c1ccc(F)cc1. The van der Waals surface area contributed by atoms with Crippen LogP contribution in [0.1, 0.15) is 17.3 Å². The third-order valence-corrected chi connectivity index (χ3v) is 3.34. The van der Waals surface area contributed by atoms with Crippen molar-refractivity contribution in [1.82, 2.24) is 0 Å². The van der Waals surface area contributed by atoms with Gasteiger partial charge in [0.05, 0.1) is 0 Å². The van der Waals surface area contributed by atoms with Gasteiger partial charge in [0.1, 0.15) is 11.6 Å². The van der Waals surface area contributed by atoms with Crippen molar-refractivity contribution < 1.29 is 13.9 Å². The molecule has 2 aromatic carbocycles. The first-order chi connectivity index (χ1) is 9.06. The third-order valence-electron chi connectivity index (χ3n) is 2.62. The molecule has 2 nitrogen and oxygen atoms in total. The Bertz CT molecular complexity index is 564. The summed E-state index contributed by atoms with van der Waals surface area (Å²) in [5.41, 5.74) is 0.444. The van der Waals surface area contributed by atoms with Crippen LogP contribution < -0.4 is 4.74 Å². The zero-order valence-electron chi connectivity index (χ0n) is 10.3. The summed E-state index contributed by atoms with van der Waals surface area (Å²) in [5.74, 6) is 0.115. The minimum absolute atomic E-state index is 0.168. The first-order valence-corrected chi connectivity index (χ1v) is 6.86. The van der Waals surface area contributed by atoms with Crippen LogP contribution in [0.15, 0.2) is 48.5 Å². The highest BCUT2D eigenvalue weighted by atomic mass is 127. The number of ketones is 1. The molecule has 0 N–H and O–H groups in total. The van der Waals surface area contributed by atoms with Crippen LogP contribution in [0.3, 0.4) is 0 Å². The van der Waals surface area contributed by atoms with Crippen LogP contribution >= 0.6 is 22.6 Å². The maximum absolute atomic E-state index is 12.8. The Hall–Kier alpha value is -1.43. The van der Waals surface area contributed by atoms with Crippen LogP contribution in [0.2, 0.25) is 0 Å². The molecule has 0 aromatic heterocycles. The Morgan fingerprint density at radius 2 is 1.68 bits per heavy atom. The maximum Gasteiger partial charge on any atom is 0.202 e. The zero-order chi connectivity index (χ0) is 13.8. The van der Waals surface area contributed by atoms with Crippen molar-refractivity contribution in [2.24, 2.45) is 0 Å². The number of rotatable bonds is 4. The summed E-state index contributed by atoms with van der Waals surface area (Å²) in [7, 11) is 0. The lowest BCUT2D eigenvalue weighted by Gasteiger charge is -2.13. The largest absolute Gasteiger partial charge is 0.483 e. The average molecular weight is 370 g/mol. The number of ether oxygens (including phenoxy) is 1. The van der Waals surface area contributed by atoms with Crippen LogP contribution in [-0.2, 0) is 0 Å². The van der Waals surface area contributed by atoms with Gasteiger partial charge in [-0.25, -0.2) is 4.39 Å². The van der Waals surface area contributed by atoms with E-state index in [1.807, 2.05) is 24.3 Å². The molecule has 0 radical (unpaired) electrons. The molecule has 0 amide bonds. The molecule has 0 aliphatic heterocycles. The molecule has 0 saturated carbocycles. The number of carbonyl (C=O) groups excluding carboxylic acids is 1. The highest BCUT2D eigenvalue weighted by molar-refractivity contribution is 14.1. The summed E-state index contributed by atoms with van der Waals surface area (Å²) < 4.78 is 19.5. The second-order valence-electron chi connectivity index (χ2n) is 4.09. The van der Waals surface area contributed by atoms with E-state index < -0.39 is 6.10 Å². The Morgan fingerprint density at radius 3 is 2.26 bits per heavy atom. The molecule has 1 atom stereocenters. The van der Waals surface area contributed by atoms with Gasteiger partial charge in [-0.1, -0.05) is 0 Å². The molecule has 4 heteroatoms. The summed E-state index contributed by atoms with van der Waals surface area (Å²) >= 11 is 2.20. The fraction of sp³-hybridized carbons (Fsp3) is 0.133. The van der Waals surface area contributed by atoms with Gasteiger partial charge in [0, 0.05) is 9.13 Å². The molecule has 0 fully saturated rings. The molecule has 0 bridgehead atoms. The minimum atomic E-state index is -0.606. The molecule has 2 aromatic rings. The highest BCUT2D eigenvalue weighted by Crippen LogP contribution is 2.16. The number of benzene rings is 2. The van der Waals surface area contributed by atoms with Crippen LogP contribution in [0, 0.1) is 9.39 Å². The molecule has 19 heavy (non-hydrogen) atoms. The Balaban J connectivity index is 2.07. The Kier molecular flexibility index (Phi) is 4.52. The molecule has 0 heterocycles. The van der Waals surface area contributed by atoms with Gasteiger partial charge in [-0.15, -0.1) is 0 Å². The number of hydrogen-bond acceptors (Lipinski definition) is 2. The predicted molar refractivity (Wildman–Crippen MR) is 80.0 cm³/mol. The highest BCUT2D eigenvalue weighted by Gasteiger charge is 2.16. The first kappa shape index (κ1) is 14.0. The van der Waals surface area contributed by atoms with Gasteiger partial charge in [0.2, 0.25) is 5.78 Å². The van der Waals surface area contributed by atoms with Crippen LogP contribution in [0.25, 0.3) is 0 Å². The molecule has 0 aliphatic carbocycles. The number of carbonyl (C=O) groups is 1. The van der Waals surface area contributed by atoms with E-state index in [2.05, 4.69) is 22.6 Å². The van der Waals surface area contributed by atoms with Crippen LogP contribution in [0.5, 0.6) is 5.75 Å². The van der Waals surface area contributed by atoms with Crippen molar-refractivity contribution in [3.63, 3.8) is 0 Å². The van der Waals surface area contributed by atoms with Crippen LogP contribution in [-0.4, -0.2) is 11.9 Å². The van der Waals surface area contributed by atoms with E-state index in [0.717, 1.165) is 3.57 Å². The van der Waals surface area contributed by atoms with E-state index in [-0.39, 0.29) is 11.6 Å². The number of hydrogen-bond donors (Lipinski definition) is 0. The zero-order valence-corrected chi connectivity index (χ0v) is 12.4. The smallest absolute Gasteiger partial charge is 0.202 e. The molecule has 0 unspecified atom stereocenters. The second kappa shape index (κ2) is 6.14. The maximum atomic E-state index is 12.8. The van der Waals surface area contributed by atoms with Gasteiger partial charge in [-0.3, -0.25) is 4.79 Å². The lowest BCUT2D eigenvalue weighted by atomic mass is 10.1. The van der Waals surface area contributed by atoms with E-state index in [4.69, 9.17) is 4.74 Å². The van der Waals surface area contributed by atoms with Crippen molar-refractivity contribution in [3.05, 3.63) is 63.5 Å². The lowest BCUT2D eigenvalue weighted by Crippen LogP contribution is -2.23. The van der Waals surface area contributed by atoms with E-state index in [9.17, 15) is 9.18 Å². The molecular formula is C15H12FIO2. The van der Waals surface area contributed by atoms with Crippen molar-refractivity contribution >= 4 is 28.4 Å². The summed E-state index contributed by atoms with van der Waals surface area (Å²) in [6, 6.07) is 12.9. The molecule has 98 valence electrons. The Morgan fingerprint density at radius 1 is 1.11 bits per heavy atom. The molecule has 0 spiro atoms.